The van der Waals surface area contributed by atoms with Crippen molar-refractivity contribution < 1.29 is 18.0 Å². The molecule has 0 amide bonds. The van der Waals surface area contributed by atoms with E-state index in [2.05, 4.69) is 13.8 Å². The summed E-state index contributed by atoms with van der Waals surface area (Å²) in [6, 6.07) is 0. The number of ether oxygens (including phenoxy) is 1. The lowest BCUT2D eigenvalue weighted by Gasteiger charge is -2.35. The second-order valence-corrected chi connectivity index (χ2v) is 11.7. The standard InChI is InChI=1S/C25H52O4SSi/c1-6-11-12-13-14-15-16-17-18-19-20-21-24(23-25(30)26-22-7-2)31(27-8-3,28-9-4)29-10-5/h24H,6-23H2,1-5H3. The third kappa shape index (κ3) is 15.5. The summed E-state index contributed by atoms with van der Waals surface area (Å²) in [7, 11) is -2.79. The molecule has 4 nitrogen and oxygen atoms in total. The lowest BCUT2D eigenvalue weighted by atomic mass is 10.0. The first kappa shape index (κ1) is 31.0. The summed E-state index contributed by atoms with van der Waals surface area (Å²) in [5.74, 6) is 0. The second-order valence-electron chi connectivity index (χ2n) is 8.35. The van der Waals surface area contributed by atoms with Crippen LogP contribution in [0.3, 0.4) is 0 Å². The van der Waals surface area contributed by atoms with Crippen LogP contribution in [0.4, 0.5) is 0 Å². The molecule has 0 saturated carbocycles. The van der Waals surface area contributed by atoms with Crippen molar-refractivity contribution in [3.05, 3.63) is 0 Å². The average molecular weight is 477 g/mol. The van der Waals surface area contributed by atoms with Gasteiger partial charge in [0.1, 0.15) is 0 Å². The van der Waals surface area contributed by atoms with Crippen molar-refractivity contribution in [2.45, 2.75) is 130 Å². The number of rotatable bonds is 23. The zero-order valence-electron chi connectivity index (χ0n) is 21.3. The molecule has 0 saturated heterocycles. The van der Waals surface area contributed by atoms with Gasteiger partial charge in [0, 0.05) is 31.8 Å². The largest absolute Gasteiger partial charge is 0.504 e. The van der Waals surface area contributed by atoms with Crippen LogP contribution in [0.15, 0.2) is 0 Å². The van der Waals surface area contributed by atoms with Crippen LogP contribution in [0.5, 0.6) is 0 Å². The Hall–Kier alpha value is -0.0131. The van der Waals surface area contributed by atoms with Crippen molar-refractivity contribution in [1.29, 1.82) is 0 Å². The van der Waals surface area contributed by atoms with Crippen molar-refractivity contribution in [3.63, 3.8) is 0 Å². The molecule has 0 aliphatic rings. The zero-order valence-corrected chi connectivity index (χ0v) is 23.2. The summed E-state index contributed by atoms with van der Waals surface area (Å²) in [5.41, 5.74) is 0.176. The van der Waals surface area contributed by atoms with E-state index >= 15 is 0 Å². The number of unbranched alkanes of at least 4 members (excludes halogenated alkanes) is 10. The molecular weight excluding hydrogens is 424 g/mol. The Morgan fingerprint density at radius 1 is 0.645 bits per heavy atom. The van der Waals surface area contributed by atoms with Gasteiger partial charge in [0.25, 0.3) is 0 Å². The Morgan fingerprint density at radius 2 is 1.10 bits per heavy atom. The molecular formula is C25H52O4SSi. The monoisotopic (exact) mass is 476 g/mol. The molecule has 0 fully saturated rings. The van der Waals surface area contributed by atoms with Gasteiger partial charge >= 0.3 is 8.80 Å². The maximum atomic E-state index is 6.21. The maximum absolute atomic E-state index is 6.21. The third-order valence-electron chi connectivity index (χ3n) is 5.57. The van der Waals surface area contributed by atoms with Crippen LogP contribution < -0.4 is 0 Å². The molecule has 31 heavy (non-hydrogen) atoms. The van der Waals surface area contributed by atoms with Gasteiger partial charge in [-0.1, -0.05) is 84.5 Å². The third-order valence-corrected chi connectivity index (χ3v) is 9.42. The van der Waals surface area contributed by atoms with E-state index < -0.39 is 8.80 Å². The molecule has 0 aliphatic heterocycles. The van der Waals surface area contributed by atoms with Crippen molar-refractivity contribution >= 4 is 26.1 Å². The van der Waals surface area contributed by atoms with E-state index in [9.17, 15) is 0 Å². The van der Waals surface area contributed by atoms with Gasteiger partial charge in [-0.3, -0.25) is 0 Å². The highest BCUT2D eigenvalue weighted by Gasteiger charge is 2.49. The zero-order chi connectivity index (χ0) is 23.2. The fourth-order valence-corrected chi connectivity index (χ4v) is 7.61. The molecule has 1 unspecified atom stereocenters. The van der Waals surface area contributed by atoms with Crippen LogP contribution in [0.2, 0.25) is 5.54 Å². The minimum Gasteiger partial charge on any atom is -0.487 e. The topological polar surface area (TPSA) is 36.9 Å². The van der Waals surface area contributed by atoms with Crippen LogP contribution in [-0.2, 0) is 18.0 Å². The highest BCUT2D eigenvalue weighted by Crippen LogP contribution is 2.35. The predicted molar refractivity (Wildman–Crippen MR) is 139 cm³/mol. The minimum atomic E-state index is -2.79. The molecule has 6 heteroatoms. The van der Waals surface area contributed by atoms with Crippen LogP contribution in [-0.4, -0.2) is 40.3 Å². The number of thiocarbonyl (C=S) groups is 1. The molecule has 0 N–H and O–H groups in total. The quantitative estimate of drug-likeness (QED) is 0.0842. The van der Waals surface area contributed by atoms with E-state index in [1.165, 1.54) is 70.6 Å². The first-order valence-corrected chi connectivity index (χ1v) is 15.4. The van der Waals surface area contributed by atoms with Gasteiger partial charge in [-0.25, -0.2) is 0 Å². The number of hydrogen-bond acceptors (Lipinski definition) is 5. The van der Waals surface area contributed by atoms with Gasteiger partial charge in [0.2, 0.25) is 0 Å². The van der Waals surface area contributed by atoms with Crippen molar-refractivity contribution in [3.8, 4) is 0 Å². The maximum Gasteiger partial charge on any atom is 0.504 e. The van der Waals surface area contributed by atoms with E-state index in [4.69, 9.17) is 30.2 Å². The number of hydrogen-bond donors (Lipinski definition) is 0. The van der Waals surface area contributed by atoms with E-state index in [-0.39, 0.29) is 5.54 Å². The Morgan fingerprint density at radius 3 is 1.52 bits per heavy atom. The van der Waals surface area contributed by atoms with E-state index in [0.29, 0.717) is 37.9 Å². The summed E-state index contributed by atoms with van der Waals surface area (Å²) in [6.07, 6.45) is 17.5. The summed E-state index contributed by atoms with van der Waals surface area (Å²) in [4.78, 5) is 0. The molecule has 0 heterocycles. The molecule has 0 aromatic carbocycles. The van der Waals surface area contributed by atoms with Gasteiger partial charge < -0.3 is 18.0 Å². The van der Waals surface area contributed by atoms with Crippen LogP contribution in [0.25, 0.3) is 0 Å². The fourth-order valence-electron chi connectivity index (χ4n) is 4.02. The molecule has 0 bridgehead atoms. The normalized spacial score (nSPS) is 12.8. The van der Waals surface area contributed by atoms with E-state index in [0.717, 1.165) is 12.8 Å². The summed E-state index contributed by atoms with van der Waals surface area (Å²) < 4.78 is 24.4. The first-order valence-electron chi connectivity index (χ1n) is 13.2. The van der Waals surface area contributed by atoms with Crippen molar-refractivity contribution in [1.82, 2.24) is 0 Å². The predicted octanol–water partition coefficient (Wildman–Crippen LogP) is 8.25. The van der Waals surface area contributed by atoms with Gasteiger partial charge in [0.05, 0.1) is 6.61 Å². The van der Waals surface area contributed by atoms with Gasteiger partial charge in [-0.05, 0) is 45.8 Å². The van der Waals surface area contributed by atoms with E-state index in [1.807, 2.05) is 20.8 Å². The Bertz CT molecular complexity index is 392. The SMILES string of the molecule is CCCCCCCCCCCCCC(CC(=S)OCCC)[Si](OCC)(OCC)OCC. The van der Waals surface area contributed by atoms with Crippen LogP contribution >= 0.6 is 12.2 Å². The Balaban J connectivity index is 4.58. The van der Waals surface area contributed by atoms with Crippen LogP contribution in [0.1, 0.15) is 125 Å². The summed E-state index contributed by atoms with van der Waals surface area (Å²) >= 11 is 5.54. The van der Waals surface area contributed by atoms with Gasteiger partial charge in [-0.15, -0.1) is 0 Å². The molecule has 0 aromatic rings. The van der Waals surface area contributed by atoms with E-state index in [1.54, 1.807) is 0 Å². The molecule has 0 radical (unpaired) electrons. The first-order chi connectivity index (χ1) is 15.1. The highest BCUT2D eigenvalue weighted by molar-refractivity contribution is 7.80. The molecule has 1 atom stereocenters. The average Bonchev–Trinajstić information content (AvgIpc) is 2.75. The van der Waals surface area contributed by atoms with Crippen LogP contribution in [0, 0.1) is 0 Å². The minimum absolute atomic E-state index is 0.176. The second kappa shape index (κ2) is 21.8. The molecule has 186 valence electrons. The van der Waals surface area contributed by atoms with Gasteiger partial charge in [-0.2, -0.15) is 0 Å². The molecule has 0 rings (SSSR count). The highest BCUT2D eigenvalue weighted by atomic mass is 32.1. The van der Waals surface area contributed by atoms with Crippen molar-refractivity contribution in [2.75, 3.05) is 26.4 Å². The Kier molecular flexibility index (Phi) is 21.8. The molecule has 0 aromatic heterocycles. The molecule has 0 spiro atoms. The lowest BCUT2D eigenvalue weighted by molar-refractivity contribution is 0.0594. The lowest BCUT2D eigenvalue weighted by Crippen LogP contribution is -2.51. The summed E-state index contributed by atoms with van der Waals surface area (Å²) in [6.45, 7) is 12.9. The summed E-state index contributed by atoms with van der Waals surface area (Å²) in [5, 5.41) is 0.672. The van der Waals surface area contributed by atoms with Crippen molar-refractivity contribution in [2.24, 2.45) is 0 Å². The molecule has 0 aliphatic carbocycles. The smallest absolute Gasteiger partial charge is 0.487 e. The Labute approximate surface area is 200 Å². The fraction of sp³-hybridized carbons (Fsp3) is 0.960. The van der Waals surface area contributed by atoms with Gasteiger partial charge in [0.15, 0.2) is 5.05 Å².